The molecule has 20 heavy (non-hydrogen) atoms. The van der Waals surface area contributed by atoms with Gasteiger partial charge < -0.3 is 25.7 Å². The molecule has 1 fully saturated rings. The largest absolute Gasteiger partial charge is 0.504 e. The van der Waals surface area contributed by atoms with E-state index < -0.39 is 5.75 Å². The van der Waals surface area contributed by atoms with Crippen molar-refractivity contribution < 1.29 is 20.4 Å². The van der Waals surface area contributed by atoms with Crippen LogP contribution in [0.15, 0.2) is 12.1 Å². The molecule has 1 saturated carbocycles. The van der Waals surface area contributed by atoms with Gasteiger partial charge in [-0.15, -0.1) is 0 Å². The summed E-state index contributed by atoms with van der Waals surface area (Å²) in [6.07, 6.45) is 5.56. The van der Waals surface area contributed by atoms with Crippen LogP contribution in [0.3, 0.4) is 0 Å². The maximum absolute atomic E-state index is 9.74. The van der Waals surface area contributed by atoms with Crippen LogP contribution in [0.25, 0.3) is 0 Å². The zero-order chi connectivity index (χ0) is 14.6. The van der Waals surface area contributed by atoms with Gasteiger partial charge in [0.25, 0.3) is 0 Å². The normalized spacial score (nSPS) is 18.1. The summed E-state index contributed by atoms with van der Waals surface area (Å²) in [5, 5.41) is 41.3. The van der Waals surface area contributed by atoms with E-state index in [2.05, 4.69) is 5.32 Å². The second-order valence-corrected chi connectivity index (χ2v) is 5.76. The fraction of sp³-hybridized carbons (Fsp3) is 0.600. The quantitative estimate of drug-likeness (QED) is 0.531. The van der Waals surface area contributed by atoms with Gasteiger partial charge in [-0.2, -0.15) is 0 Å². The molecule has 0 bridgehead atoms. The van der Waals surface area contributed by atoms with Crippen LogP contribution in [0.4, 0.5) is 0 Å². The molecule has 0 radical (unpaired) electrons. The Morgan fingerprint density at radius 3 is 2.35 bits per heavy atom. The van der Waals surface area contributed by atoms with Gasteiger partial charge in [-0.25, -0.2) is 0 Å². The Morgan fingerprint density at radius 1 is 1.00 bits per heavy atom. The lowest BCUT2D eigenvalue weighted by Crippen LogP contribution is -2.38. The molecule has 2 rings (SSSR count). The zero-order valence-electron chi connectivity index (χ0n) is 11.6. The summed E-state index contributed by atoms with van der Waals surface area (Å²) in [4.78, 5) is 0. The topological polar surface area (TPSA) is 93.0 Å². The van der Waals surface area contributed by atoms with Crippen molar-refractivity contribution in [2.24, 2.45) is 5.41 Å². The van der Waals surface area contributed by atoms with Gasteiger partial charge in [0.05, 0.1) is 0 Å². The van der Waals surface area contributed by atoms with Gasteiger partial charge in [-0.3, -0.25) is 0 Å². The summed E-state index contributed by atoms with van der Waals surface area (Å²) in [7, 11) is 0. The summed E-state index contributed by atoms with van der Waals surface area (Å²) in [6, 6.07) is 2.93. The standard InChI is InChI=1S/C15H23NO4/c17-10-15(6-2-1-3-7-15)9-16-8-11-4-5-12(18)14(20)13(11)19/h4-5,16-20H,1-3,6-10H2. The summed E-state index contributed by atoms with van der Waals surface area (Å²) in [6.45, 7) is 1.25. The summed E-state index contributed by atoms with van der Waals surface area (Å²) in [5.41, 5.74) is 0.469. The average molecular weight is 281 g/mol. The second kappa shape index (κ2) is 6.33. The third-order valence-corrected chi connectivity index (χ3v) is 4.28. The van der Waals surface area contributed by atoms with Gasteiger partial charge in [0.15, 0.2) is 11.5 Å². The molecule has 1 aliphatic carbocycles. The highest BCUT2D eigenvalue weighted by Gasteiger charge is 2.30. The number of aromatic hydroxyl groups is 3. The number of benzene rings is 1. The van der Waals surface area contributed by atoms with Gasteiger partial charge in [0, 0.05) is 30.7 Å². The van der Waals surface area contributed by atoms with Crippen molar-refractivity contribution in [1.29, 1.82) is 0 Å². The smallest absolute Gasteiger partial charge is 0.200 e. The molecule has 5 heteroatoms. The highest BCUT2D eigenvalue weighted by Crippen LogP contribution is 2.38. The number of nitrogens with one attached hydrogen (secondary N) is 1. The number of aliphatic hydroxyl groups is 1. The molecule has 1 aromatic rings. The number of hydrogen-bond donors (Lipinski definition) is 5. The van der Waals surface area contributed by atoms with Crippen LogP contribution in [-0.2, 0) is 6.54 Å². The van der Waals surface area contributed by atoms with Crippen molar-refractivity contribution in [3.8, 4) is 17.2 Å². The van der Waals surface area contributed by atoms with Gasteiger partial charge in [0.2, 0.25) is 5.75 Å². The van der Waals surface area contributed by atoms with E-state index in [1.165, 1.54) is 12.5 Å². The van der Waals surface area contributed by atoms with Crippen molar-refractivity contribution in [3.63, 3.8) is 0 Å². The van der Waals surface area contributed by atoms with Gasteiger partial charge in [-0.05, 0) is 18.9 Å². The Bertz CT molecular complexity index is 455. The molecule has 5 N–H and O–H groups in total. The number of hydrogen-bond acceptors (Lipinski definition) is 5. The van der Waals surface area contributed by atoms with Crippen LogP contribution in [0.5, 0.6) is 17.2 Å². The Labute approximate surface area is 118 Å². The molecule has 1 aliphatic rings. The molecule has 5 nitrogen and oxygen atoms in total. The van der Waals surface area contributed by atoms with E-state index in [0.717, 1.165) is 25.7 Å². The molecule has 112 valence electrons. The molecule has 0 amide bonds. The van der Waals surface area contributed by atoms with E-state index in [0.29, 0.717) is 18.7 Å². The number of rotatable bonds is 5. The molecule has 1 aromatic carbocycles. The van der Waals surface area contributed by atoms with Crippen molar-refractivity contribution in [3.05, 3.63) is 17.7 Å². The van der Waals surface area contributed by atoms with E-state index >= 15 is 0 Å². The highest BCUT2D eigenvalue weighted by atomic mass is 16.3. The van der Waals surface area contributed by atoms with Crippen LogP contribution < -0.4 is 5.32 Å². The number of phenolic OH excluding ortho intramolecular Hbond substituents is 3. The van der Waals surface area contributed by atoms with E-state index in [4.69, 9.17) is 0 Å². The molecule has 0 aromatic heterocycles. The minimum absolute atomic E-state index is 0.0627. The van der Waals surface area contributed by atoms with E-state index in [9.17, 15) is 20.4 Å². The zero-order valence-corrected chi connectivity index (χ0v) is 11.6. The minimum atomic E-state index is -0.487. The molecule has 0 spiro atoms. The Balaban J connectivity index is 1.94. The predicted molar refractivity (Wildman–Crippen MR) is 75.7 cm³/mol. The Morgan fingerprint density at radius 2 is 1.70 bits per heavy atom. The Kier molecular flexibility index (Phi) is 4.73. The van der Waals surface area contributed by atoms with Crippen molar-refractivity contribution in [1.82, 2.24) is 5.32 Å². The SMILES string of the molecule is OCC1(CNCc2ccc(O)c(O)c2O)CCCCC1. The van der Waals surface area contributed by atoms with E-state index in [-0.39, 0.29) is 23.5 Å². The molecule has 0 atom stereocenters. The lowest BCUT2D eigenvalue weighted by atomic mass is 9.74. The van der Waals surface area contributed by atoms with E-state index in [1.807, 2.05) is 0 Å². The molecule has 0 unspecified atom stereocenters. The van der Waals surface area contributed by atoms with Gasteiger partial charge in [0.1, 0.15) is 0 Å². The van der Waals surface area contributed by atoms with Crippen LogP contribution in [0.2, 0.25) is 0 Å². The maximum Gasteiger partial charge on any atom is 0.200 e. The van der Waals surface area contributed by atoms with E-state index in [1.54, 1.807) is 6.07 Å². The predicted octanol–water partition coefficient (Wildman–Crippen LogP) is 1.84. The van der Waals surface area contributed by atoms with Gasteiger partial charge in [-0.1, -0.05) is 25.3 Å². The molecule has 0 heterocycles. The third kappa shape index (κ3) is 3.16. The highest BCUT2D eigenvalue weighted by molar-refractivity contribution is 5.52. The minimum Gasteiger partial charge on any atom is -0.504 e. The number of aliphatic hydroxyl groups excluding tert-OH is 1. The summed E-state index contributed by atoms with van der Waals surface area (Å²) < 4.78 is 0. The first-order valence-corrected chi connectivity index (χ1v) is 7.12. The van der Waals surface area contributed by atoms with Crippen LogP contribution in [0.1, 0.15) is 37.7 Å². The monoisotopic (exact) mass is 281 g/mol. The molecule has 0 saturated heterocycles. The van der Waals surface area contributed by atoms with Crippen molar-refractivity contribution in [2.75, 3.05) is 13.2 Å². The van der Waals surface area contributed by atoms with Gasteiger partial charge >= 0.3 is 0 Å². The van der Waals surface area contributed by atoms with Crippen LogP contribution in [0, 0.1) is 5.41 Å². The first-order chi connectivity index (χ1) is 9.58. The first kappa shape index (κ1) is 14.9. The van der Waals surface area contributed by atoms with Crippen molar-refractivity contribution >= 4 is 0 Å². The van der Waals surface area contributed by atoms with Crippen molar-refractivity contribution in [2.45, 2.75) is 38.6 Å². The van der Waals surface area contributed by atoms with Crippen LogP contribution in [-0.4, -0.2) is 33.6 Å². The average Bonchev–Trinajstić information content (AvgIpc) is 2.48. The molecular weight excluding hydrogens is 258 g/mol. The van der Waals surface area contributed by atoms with Crippen LogP contribution >= 0.6 is 0 Å². The number of phenols is 3. The summed E-state index contributed by atoms with van der Waals surface area (Å²) >= 11 is 0. The first-order valence-electron chi connectivity index (χ1n) is 7.12. The lowest BCUT2D eigenvalue weighted by molar-refractivity contribution is 0.0810. The summed E-state index contributed by atoms with van der Waals surface area (Å²) in [5.74, 6) is -1.11. The third-order valence-electron chi connectivity index (χ3n) is 4.28. The fourth-order valence-electron chi connectivity index (χ4n) is 2.91. The lowest BCUT2D eigenvalue weighted by Gasteiger charge is -2.35. The molecule has 0 aliphatic heterocycles. The second-order valence-electron chi connectivity index (χ2n) is 5.76. The molecular formula is C15H23NO4. The Hall–Kier alpha value is -1.46. The fourth-order valence-corrected chi connectivity index (χ4v) is 2.91. The maximum atomic E-state index is 9.74.